The molecule has 3 aromatic carbocycles. The first-order chi connectivity index (χ1) is 10.2. The molecule has 0 aliphatic heterocycles. The highest BCUT2D eigenvalue weighted by Crippen LogP contribution is 2.31. The predicted octanol–water partition coefficient (Wildman–Crippen LogP) is 5.44. The van der Waals surface area contributed by atoms with Gasteiger partial charge in [-0.2, -0.15) is 0 Å². The molecule has 0 heterocycles. The molecule has 0 aliphatic carbocycles. The zero-order valence-corrected chi connectivity index (χ0v) is 12.6. The summed E-state index contributed by atoms with van der Waals surface area (Å²) in [6.45, 7) is 1.89. The fraction of sp³-hybridized carbons (Fsp3) is 0.0526. The molecule has 0 amide bonds. The molecule has 1 nitrogen and oxygen atoms in total. The van der Waals surface area contributed by atoms with E-state index in [4.69, 9.17) is 17.3 Å². The molecule has 0 spiro atoms. The number of halogens is 1. The van der Waals surface area contributed by atoms with Crippen molar-refractivity contribution >= 4 is 38.8 Å². The number of benzene rings is 3. The van der Waals surface area contributed by atoms with E-state index in [-0.39, 0.29) is 0 Å². The highest BCUT2D eigenvalue weighted by molar-refractivity contribution is 6.31. The van der Waals surface area contributed by atoms with E-state index >= 15 is 0 Å². The molecule has 3 rings (SSSR count). The van der Waals surface area contributed by atoms with Crippen LogP contribution in [0.4, 0.5) is 0 Å². The summed E-state index contributed by atoms with van der Waals surface area (Å²) >= 11 is 6.08. The minimum Gasteiger partial charge on any atom is -0.398 e. The van der Waals surface area contributed by atoms with Gasteiger partial charge >= 0.3 is 0 Å². The monoisotopic (exact) mass is 293 g/mol. The van der Waals surface area contributed by atoms with Crippen molar-refractivity contribution in [3.05, 3.63) is 77.3 Å². The van der Waals surface area contributed by atoms with Crippen LogP contribution >= 0.6 is 11.6 Å². The van der Waals surface area contributed by atoms with Gasteiger partial charge in [-0.25, -0.2) is 0 Å². The Bertz CT molecular complexity index is 875. The quantitative estimate of drug-likeness (QED) is 0.494. The molecule has 0 unspecified atom stereocenters. The highest BCUT2D eigenvalue weighted by atomic mass is 35.5. The number of hydrogen-bond donors (Lipinski definition) is 1. The van der Waals surface area contributed by atoms with Crippen molar-refractivity contribution in [2.45, 2.75) is 6.92 Å². The van der Waals surface area contributed by atoms with E-state index in [1.807, 2.05) is 25.1 Å². The van der Waals surface area contributed by atoms with Gasteiger partial charge in [-0.15, -0.1) is 0 Å². The first-order valence-corrected chi connectivity index (χ1v) is 7.28. The van der Waals surface area contributed by atoms with Gasteiger partial charge in [-0.1, -0.05) is 66.2 Å². The Morgan fingerprint density at radius 2 is 1.57 bits per heavy atom. The van der Waals surface area contributed by atoms with E-state index in [9.17, 15) is 0 Å². The maximum atomic E-state index is 6.26. The lowest BCUT2D eigenvalue weighted by Crippen LogP contribution is -1.98. The first-order valence-electron chi connectivity index (χ1n) is 6.90. The van der Waals surface area contributed by atoms with E-state index in [0.29, 0.717) is 10.7 Å². The van der Waals surface area contributed by atoms with E-state index < -0.39 is 0 Å². The Labute approximate surface area is 129 Å². The van der Waals surface area contributed by atoms with Gasteiger partial charge in [0.25, 0.3) is 0 Å². The Morgan fingerprint density at radius 3 is 2.29 bits per heavy atom. The van der Waals surface area contributed by atoms with E-state index in [1.165, 1.54) is 16.2 Å². The van der Waals surface area contributed by atoms with Gasteiger partial charge in [0, 0.05) is 16.3 Å². The molecule has 2 heteroatoms. The number of allylic oxidation sites excluding steroid dienone is 3. The molecule has 0 saturated heterocycles. The third-order valence-electron chi connectivity index (χ3n) is 3.65. The highest BCUT2D eigenvalue weighted by Gasteiger charge is 2.08. The van der Waals surface area contributed by atoms with Crippen LogP contribution < -0.4 is 5.73 Å². The molecule has 0 radical (unpaired) electrons. The van der Waals surface area contributed by atoms with Crippen LogP contribution in [0.1, 0.15) is 12.5 Å². The normalized spacial score (nSPS) is 13.0. The number of nitrogens with two attached hydrogens (primary N) is 1. The SMILES string of the molecule is C/C=C(Cl)\C=C(/N)c1cc2ccccc2c2ccccc12. The van der Waals surface area contributed by atoms with Crippen molar-refractivity contribution in [3.63, 3.8) is 0 Å². The van der Waals surface area contributed by atoms with E-state index in [0.717, 1.165) is 10.9 Å². The van der Waals surface area contributed by atoms with Gasteiger partial charge < -0.3 is 5.73 Å². The first kappa shape index (κ1) is 13.7. The van der Waals surface area contributed by atoms with Crippen LogP contribution in [-0.2, 0) is 0 Å². The number of rotatable bonds is 2. The van der Waals surface area contributed by atoms with Crippen molar-refractivity contribution in [3.8, 4) is 0 Å². The summed E-state index contributed by atoms with van der Waals surface area (Å²) < 4.78 is 0. The van der Waals surface area contributed by atoms with Crippen molar-refractivity contribution < 1.29 is 0 Å². The van der Waals surface area contributed by atoms with Crippen molar-refractivity contribution in [1.29, 1.82) is 0 Å². The molecular weight excluding hydrogens is 278 g/mol. The molecule has 0 saturated carbocycles. The average Bonchev–Trinajstić information content (AvgIpc) is 2.53. The summed E-state index contributed by atoms with van der Waals surface area (Å²) in [7, 11) is 0. The van der Waals surface area contributed by atoms with Crippen molar-refractivity contribution in [2.24, 2.45) is 5.73 Å². The van der Waals surface area contributed by atoms with Crippen LogP contribution in [0, 0.1) is 0 Å². The fourth-order valence-electron chi connectivity index (χ4n) is 2.60. The van der Waals surface area contributed by atoms with Gasteiger partial charge in [0.05, 0.1) is 0 Å². The summed E-state index contributed by atoms with van der Waals surface area (Å²) in [4.78, 5) is 0. The van der Waals surface area contributed by atoms with Gasteiger partial charge in [0.2, 0.25) is 0 Å². The van der Waals surface area contributed by atoms with E-state index in [1.54, 1.807) is 6.08 Å². The maximum absolute atomic E-state index is 6.26. The molecule has 21 heavy (non-hydrogen) atoms. The van der Waals surface area contributed by atoms with Crippen LogP contribution in [0.25, 0.3) is 27.2 Å². The molecule has 0 bridgehead atoms. The van der Waals surface area contributed by atoms with Gasteiger partial charge in [0.15, 0.2) is 0 Å². The fourth-order valence-corrected chi connectivity index (χ4v) is 2.72. The molecule has 3 aromatic rings. The second-order valence-electron chi connectivity index (χ2n) is 4.96. The smallest absolute Gasteiger partial charge is 0.0408 e. The van der Waals surface area contributed by atoms with Crippen molar-refractivity contribution in [1.82, 2.24) is 0 Å². The second-order valence-corrected chi connectivity index (χ2v) is 5.40. The van der Waals surface area contributed by atoms with Crippen LogP contribution in [-0.4, -0.2) is 0 Å². The minimum absolute atomic E-state index is 0.643. The Morgan fingerprint density at radius 1 is 0.952 bits per heavy atom. The molecule has 0 fully saturated rings. The Kier molecular flexibility index (Phi) is 3.68. The Hall–Kier alpha value is -2.25. The lowest BCUT2D eigenvalue weighted by atomic mass is 9.95. The van der Waals surface area contributed by atoms with Crippen LogP contribution in [0.5, 0.6) is 0 Å². The zero-order chi connectivity index (χ0) is 14.8. The lowest BCUT2D eigenvalue weighted by molar-refractivity contribution is 1.55. The molecule has 2 N–H and O–H groups in total. The second kappa shape index (κ2) is 5.63. The summed E-state index contributed by atoms with van der Waals surface area (Å²) in [5.41, 5.74) is 7.96. The molecule has 0 atom stereocenters. The molecule has 0 aliphatic rings. The third kappa shape index (κ3) is 2.53. The summed E-state index contributed by atoms with van der Waals surface area (Å²) in [5, 5.41) is 5.41. The predicted molar refractivity (Wildman–Crippen MR) is 93.2 cm³/mol. The molecule has 104 valence electrons. The number of hydrogen-bond acceptors (Lipinski definition) is 1. The minimum atomic E-state index is 0.643. The average molecular weight is 294 g/mol. The van der Waals surface area contributed by atoms with Gasteiger partial charge in [-0.05, 0) is 40.6 Å². The van der Waals surface area contributed by atoms with Crippen LogP contribution in [0.2, 0.25) is 0 Å². The van der Waals surface area contributed by atoms with Crippen LogP contribution in [0.3, 0.4) is 0 Å². The van der Waals surface area contributed by atoms with Crippen molar-refractivity contribution in [2.75, 3.05) is 0 Å². The molecular formula is C19H16ClN. The van der Waals surface area contributed by atoms with E-state index in [2.05, 4.69) is 42.5 Å². The third-order valence-corrected chi connectivity index (χ3v) is 3.98. The van der Waals surface area contributed by atoms with Crippen LogP contribution in [0.15, 0.2) is 71.8 Å². The summed E-state index contributed by atoms with van der Waals surface area (Å²) in [6, 6.07) is 18.8. The zero-order valence-electron chi connectivity index (χ0n) is 11.8. The largest absolute Gasteiger partial charge is 0.398 e. The topological polar surface area (TPSA) is 26.0 Å². The Balaban J connectivity index is 2.38. The summed E-state index contributed by atoms with van der Waals surface area (Å²) in [5.74, 6) is 0. The maximum Gasteiger partial charge on any atom is 0.0408 e. The summed E-state index contributed by atoms with van der Waals surface area (Å²) in [6.07, 6.45) is 3.63. The standard InChI is InChI=1S/C19H16ClN/c1-2-14(20)12-19(21)18-11-13-7-3-4-8-15(13)16-9-5-6-10-17(16)18/h2-12H,21H2,1H3/b14-2+,19-12-. The van der Waals surface area contributed by atoms with Gasteiger partial charge in [0.1, 0.15) is 0 Å². The lowest BCUT2D eigenvalue weighted by Gasteiger charge is -2.11. The molecule has 0 aromatic heterocycles. The number of fused-ring (bicyclic) bond motifs is 3. The van der Waals surface area contributed by atoms with Gasteiger partial charge in [-0.3, -0.25) is 0 Å².